The zero-order valence-corrected chi connectivity index (χ0v) is 17.6. The van der Waals surface area contributed by atoms with Crippen LogP contribution in [0.5, 0.6) is 0 Å². The van der Waals surface area contributed by atoms with Crippen LogP contribution < -0.4 is 9.80 Å². The lowest BCUT2D eigenvalue weighted by Crippen LogP contribution is -2.35. The fourth-order valence-electron chi connectivity index (χ4n) is 3.72. The van der Waals surface area contributed by atoms with Crippen molar-refractivity contribution < 1.29 is 9.59 Å². The van der Waals surface area contributed by atoms with Gasteiger partial charge in [-0.25, -0.2) is 4.90 Å². The van der Waals surface area contributed by atoms with Crippen molar-refractivity contribution in [1.29, 1.82) is 0 Å². The van der Waals surface area contributed by atoms with Gasteiger partial charge in [-0.1, -0.05) is 54.1 Å². The highest BCUT2D eigenvalue weighted by Gasteiger charge is 2.42. The number of carbonyl (C=O) groups excluding carboxylic acids is 2. The predicted molar refractivity (Wildman–Crippen MR) is 122 cm³/mol. The Bertz CT molecular complexity index is 1140. The van der Waals surface area contributed by atoms with Crippen molar-refractivity contribution in [2.75, 3.05) is 16.3 Å². The average molecular weight is 417 g/mol. The molecule has 3 aromatic carbocycles. The van der Waals surface area contributed by atoms with Gasteiger partial charge in [-0.05, 0) is 61.4 Å². The number of carbonyl (C=O) groups is 2. The summed E-state index contributed by atoms with van der Waals surface area (Å²) in [7, 11) is 0. The van der Waals surface area contributed by atoms with Gasteiger partial charge in [-0.2, -0.15) is 0 Å². The van der Waals surface area contributed by atoms with Crippen LogP contribution in [0.15, 0.2) is 84.6 Å². The van der Waals surface area contributed by atoms with E-state index in [2.05, 4.69) is 0 Å². The quantitative estimate of drug-likeness (QED) is 0.518. The van der Waals surface area contributed by atoms with Crippen LogP contribution in [0.25, 0.3) is 5.57 Å². The molecule has 0 aliphatic carbocycles. The summed E-state index contributed by atoms with van der Waals surface area (Å²) in [5.74, 6) is -0.668. The molecule has 1 aliphatic rings. The van der Waals surface area contributed by atoms with Gasteiger partial charge in [0.05, 0.1) is 11.3 Å². The number of likely N-dealkylation sites (N-methyl/N-ethyl adjacent to an activating group) is 1. The maximum Gasteiger partial charge on any atom is 0.282 e. The molecule has 30 heavy (non-hydrogen) atoms. The Morgan fingerprint density at radius 2 is 1.57 bits per heavy atom. The molecule has 5 heteroatoms. The second kappa shape index (κ2) is 8.17. The van der Waals surface area contributed by atoms with Gasteiger partial charge in [0.2, 0.25) is 0 Å². The Morgan fingerprint density at radius 3 is 2.20 bits per heavy atom. The van der Waals surface area contributed by atoms with Gasteiger partial charge >= 0.3 is 0 Å². The number of hydrogen-bond acceptors (Lipinski definition) is 3. The van der Waals surface area contributed by atoms with E-state index in [0.717, 1.165) is 11.3 Å². The molecule has 1 aliphatic heterocycles. The summed E-state index contributed by atoms with van der Waals surface area (Å²) in [6.45, 7) is 4.44. The molecule has 4 rings (SSSR count). The maximum atomic E-state index is 13.6. The van der Waals surface area contributed by atoms with E-state index in [1.165, 1.54) is 4.90 Å². The molecule has 0 atom stereocenters. The summed E-state index contributed by atoms with van der Waals surface area (Å²) in [6, 6.07) is 24.1. The van der Waals surface area contributed by atoms with Crippen molar-refractivity contribution in [2.24, 2.45) is 0 Å². The molecule has 0 bridgehead atoms. The van der Waals surface area contributed by atoms with Crippen molar-refractivity contribution in [3.05, 3.63) is 101 Å². The molecule has 3 aromatic rings. The summed E-state index contributed by atoms with van der Waals surface area (Å²) < 4.78 is 0. The Hall–Kier alpha value is -3.37. The first-order chi connectivity index (χ1) is 14.5. The van der Waals surface area contributed by atoms with E-state index >= 15 is 0 Å². The molecule has 0 unspecified atom stereocenters. The van der Waals surface area contributed by atoms with Crippen LogP contribution in [0.4, 0.5) is 11.4 Å². The Kier molecular flexibility index (Phi) is 5.42. The molecule has 2 amide bonds. The number of rotatable bonds is 5. The smallest absolute Gasteiger partial charge is 0.282 e. The van der Waals surface area contributed by atoms with Crippen molar-refractivity contribution in [3.63, 3.8) is 0 Å². The zero-order chi connectivity index (χ0) is 21.3. The van der Waals surface area contributed by atoms with Crippen molar-refractivity contribution >= 4 is 40.4 Å². The molecule has 1 heterocycles. The largest absolute Gasteiger partial charge is 0.337 e. The van der Waals surface area contributed by atoms with E-state index in [-0.39, 0.29) is 11.8 Å². The minimum Gasteiger partial charge on any atom is -0.337 e. The zero-order valence-electron chi connectivity index (χ0n) is 16.8. The van der Waals surface area contributed by atoms with Crippen LogP contribution in [0, 0.1) is 6.92 Å². The fraction of sp³-hybridized carbons (Fsp3) is 0.120. The van der Waals surface area contributed by atoms with Crippen LogP contribution in [0.2, 0.25) is 5.02 Å². The first-order valence-corrected chi connectivity index (χ1v) is 10.2. The second-order valence-corrected chi connectivity index (χ2v) is 7.53. The number of imide groups is 1. The molecule has 0 radical (unpaired) electrons. The van der Waals surface area contributed by atoms with E-state index in [9.17, 15) is 9.59 Å². The molecule has 0 spiro atoms. The monoisotopic (exact) mass is 416 g/mol. The predicted octanol–water partition coefficient (Wildman–Crippen LogP) is 5.46. The van der Waals surface area contributed by atoms with Gasteiger partial charge in [0.1, 0.15) is 5.70 Å². The molecular weight excluding hydrogens is 396 g/mol. The number of aryl methyl sites for hydroxylation is 1. The maximum absolute atomic E-state index is 13.6. The number of amides is 2. The molecule has 0 saturated carbocycles. The number of benzene rings is 3. The molecule has 0 N–H and O–H groups in total. The number of hydrogen-bond donors (Lipinski definition) is 0. The highest BCUT2D eigenvalue weighted by molar-refractivity contribution is 6.46. The Labute approximate surface area is 181 Å². The minimum atomic E-state index is -0.336. The minimum absolute atomic E-state index is 0.332. The summed E-state index contributed by atoms with van der Waals surface area (Å²) in [5.41, 5.74) is 3.81. The highest BCUT2D eigenvalue weighted by Crippen LogP contribution is 2.37. The van der Waals surface area contributed by atoms with Crippen LogP contribution in [-0.2, 0) is 9.59 Å². The van der Waals surface area contributed by atoms with Gasteiger partial charge in [0, 0.05) is 17.3 Å². The average Bonchev–Trinajstić information content (AvgIpc) is 3.00. The topological polar surface area (TPSA) is 40.6 Å². The summed E-state index contributed by atoms with van der Waals surface area (Å²) >= 11 is 6.06. The summed E-state index contributed by atoms with van der Waals surface area (Å²) in [6.07, 6.45) is 0. The summed E-state index contributed by atoms with van der Waals surface area (Å²) in [4.78, 5) is 30.3. The SMILES string of the molecule is CCN(C1=C(c2ccc(Cl)cc2)C(=O)N(c2cccc(C)c2)C1=O)c1ccccc1. The van der Waals surface area contributed by atoms with Crippen LogP contribution in [0.3, 0.4) is 0 Å². The van der Waals surface area contributed by atoms with Gasteiger partial charge in [-0.3, -0.25) is 9.59 Å². The molecular formula is C25H21ClN2O2. The van der Waals surface area contributed by atoms with Crippen molar-refractivity contribution in [3.8, 4) is 0 Å². The fourth-order valence-corrected chi connectivity index (χ4v) is 3.85. The third kappa shape index (κ3) is 3.51. The van der Waals surface area contributed by atoms with Gasteiger partial charge in [0.15, 0.2) is 0 Å². The van der Waals surface area contributed by atoms with Crippen LogP contribution in [-0.4, -0.2) is 18.4 Å². The molecule has 150 valence electrons. The third-order valence-corrected chi connectivity index (χ3v) is 5.36. The lowest BCUT2D eigenvalue weighted by Gasteiger charge is -2.25. The molecule has 0 aromatic heterocycles. The van der Waals surface area contributed by atoms with Gasteiger partial charge in [0.25, 0.3) is 11.8 Å². The summed E-state index contributed by atoms with van der Waals surface area (Å²) in [5, 5.41) is 0.573. The Morgan fingerprint density at radius 1 is 0.867 bits per heavy atom. The van der Waals surface area contributed by atoms with Crippen molar-refractivity contribution in [1.82, 2.24) is 0 Å². The molecule has 0 saturated heterocycles. The second-order valence-electron chi connectivity index (χ2n) is 7.10. The third-order valence-electron chi connectivity index (χ3n) is 5.11. The van der Waals surface area contributed by atoms with Crippen LogP contribution >= 0.6 is 11.6 Å². The van der Waals surface area contributed by atoms with E-state index < -0.39 is 0 Å². The number of nitrogens with zero attached hydrogens (tertiary/aromatic N) is 2. The normalized spacial score (nSPS) is 13.9. The first-order valence-electron chi connectivity index (χ1n) is 9.79. The Balaban J connectivity index is 1.91. The van der Waals surface area contributed by atoms with E-state index in [0.29, 0.717) is 34.1 Å². The van der Waals surface area contributed by atoms with E-state index in [1.807, 2.05) is 67.3 Å². The lowest BCUT2D eigenvalue weighted by molar-refractivity contribution is -0.120. The highest BCUT2D eigenvalue weighted by atomic mass is 35.5. The number of halogens is 1. The molecule has 4 nitrogen and oxygen atoms in total. The number of anilines is 2. The van der Waals surface area contributed by atoms with E-state index in [1.54, 1.807) is 30.3 Å². The van der Waals surface area contributed by atoms with Crippen LogP contribution in [0.1, 0.15) is 18.1 Å². The lowest BCUT2D eigenvalue weighted by atomic mass is 10.0. The standard InChI is InChI=1S/C25H21ClN2O2/c1-3-27(20-9-5-4-6-10-20)23-22(18-12-14-19(26)15-13-18)24(29)28(25(23)30)21-11-7-8-17(2)16-21/h4-16H,3H2,1-2H3. The first kappa shape index (κ1) is 19.9. The van der Waals surface area contributed by atoms with E-state index in [4.69, 9.17) is 11.6 Å². The number of para-hydroxylation sites is 1. The van der Waals surface area contributed by atoms with Crippen molar-refractivity contribution in [2.45, 2.75) is 13.8 Å². The van der Waals surface area contributed by atoms with Gasteiger partial charge < -0.3 is 4.90 Å². The van der Waals surface area contributed by atoms with Gasteiger partial charge in [-0.15, -0.1) is 0 Å². The molecule has 0 fully saturated rings.